The van der Waals surface area contributed by atoms with Crippen molar-refractivity contribution in [2.75, 3.05) is 4.72 Å². The van der Waals surface area contributed by atoms with Crippen LogP contribution in [-0.2, 0) is 10.0 Å². The fourth-order valence-electron chi connectivity index (χ4n) is 2.49. The summed E-state index contributed by atoms with van der Waals surface area (Å²) in [7, 11) is -3.72. The van der Waals surface area contributed by atoms with Crippen LogP contribution in [0.2, 0.25) is 0 Å². The largest absolute Gasteiger partial charge is 0.857 e. The minimum atomic E-state index is -3.72. The number of para-hydroxylation sites is 1. The van der Waals surface area contributed by atoms with Crippen molar-refractivity contribution in [3.63, 3.8) is 0 Å². The Hall–Kier alpha value is -2.32. The predicted molar refractivity (Wildman–Crippen MR) is 97.8 cm³/mol. The molecular weight excluding hydrogens is 358 g/mol. The van der Waals surface area contributed by atoms with Crippen LogP contribution in [0.3, 0.4) is 0 Å². The molecule has 132 valence electrons. The maximum absolute atomic E-state index is 12.4. The van der Waals surface area contributed by atoms with Crippen LogP contribution >= 0.6 is 11.3 Å². The molecule has 25 heavy (non-hydrogen) atoms. The van der Waals surface area contributed by atoms with E-state index in [0.717, 1.165) is 42.7 Å². The number of thiophene rings is 1. The summed E-state index contributed by atoms with van der Waals surface area (Å²) in [6.45, 7) is 0. The van der Waals surface area contributed by atoms with E-state index in [1.165, 1.54) is 6.07 Å². The molecule has 1 heterocycles. The summed E-state index contributed by atoms with van der Waals surface area (Å²) in [5.41, 5.74) is 4.14. The van der Waals surface area contributed by atoms with Crippen LogP contribution in [0.25, 0.3) is 0 Å². The number of anilines is 1. The molecule has 0 fully saturated rings. The number of hydrogen-bond acceptors (Lipinski definition) is 6. The lowest BCUT2D eigenvalue weighted by Crippen LogP contribution is -2.25. The van der Waals surface area contributed by atoms with Gasteiger partial charge in [0.1, 0.15) is 4.21 Å². The Morgan fingerprint density at radius 1 is 1.16 bits per heavy atom. The van der Waals surface area contributed by atoms with Crippen molar-refractivity contribution in [3.05, 3.63) is 59.1 Å². The molecule has 1 aliphatic rings. The lowest BCUT2D eigenvalue weighted by Gasteiger charge is -2.18. The number of allylic oxidation sites excluding steroid dienone is 2. The molecule has 8 heteroatoms. The molecule has 2 aromatic rings. The summed E-state index contributed by atoms with van der Waals surface area (Å²) < 4.78 is 27.4. The average Bonchev–Trinajstić information content (AvgIpc) is 3.16. The Kier molecular flexibility index (Phi) is 5.40. The first kappa shape index (κ1) is 17.5. The number of sulfonamides is 1. The number of nitrogens with zero attached hydrogens (tertiary/aromatic N) is 1. The van der Waals surface area contributed by atoms with Gasteiger partial charge in [-0.05, 0) is 43.2 Å². The molecule has 1 aliphatic carbocycles. The Balaban J connectivity index is 1.82. The molecule has 1 aromatic heterocycles. The zero-order chi connectivity index (χ0) is 17.7. The molecule has 0 aliphatic heterocycles. The van der Waals surface area contributed by atoms with Crippen LogP contribution in [0.5, 0.6) is 0 Å². The van der Waals surface area contributed by atoms with Gasteiger partial charge in [0, 0.05) is 17.2 Å². The molecule has 0 bridgehead atoms. The first-order valence-corrected chi connectivity index (χ1v) is 10.3. The number of nitrogens with one attached hydrogen (secondary N) is 2. The second kappa shape index (κ2) is 7.71. The summed E-state index contributed by atoms with van der Waals surface area (Å²) in [5, 5.41) is 18.0. The highest BCUT2D eigenvalue weighted by atomic mass is 32.2. The first-order valence-electron chi connectivity index (χ1n) is 7.92. The van der Waals surface area contributed by atoms with Gasteiger partial charge in [0.2, 0.25) is 0 Å². The van der Waals surface area contributed by atoms with Crippen molar-refractivity contribution in [2.24, 2.45) is 5.10 Å². The summed E-state index contributed by atoms with van der Waals surface area (Å²) in [5.74, 6) is -0.518. The number of benzene rings is 1. The van der Waals surface area contributed by atoms with Crippen LogP contribution in [0.4, 0.5) is 5.69 Å². The third-order valence-corrected chi connectivity index (χ3v) is 6.52. The van der Waals surface area contributed by atoms with Gasteiger partial charge in [-0.2, -0.15) is 5.10 Å². The highest BCUT2D eigenvalue weighted by molar-refractivity contribution is 7.94. The zero-order valence-electron chi connectivity index (χ0n) is 13.4. The highest BCUT2D eigenvalue weighted by Gasteiger charge is 2.16. The third-order valence-electron chi connectivity index (χ3n) is 3.75. The zero-order valence-corrected chi connectivity index (χ0v) is 15.1. The summed E-state index contributed by atoms with van der Waals surface area (Å²) in [6.07, 6.45) is 6.09. The van der Waals surface area contributed by atoms with Gasteiger partial charge in [-0.15, -0.1) is 11.3 Å². The molecule has 0 spiro atoms. The van der Waals surface area contributed by atoms with Gasteiger partial charge in [0.05, 0.1) is 5.69 Å². The van der Waals surface area contributed by atoms with E-state index < -0.39 is 15.9 Å². The van der Waals surface area contributed by atoms with Gasteiger partial charge in [0.25, 0.3) is 10.0 Å². The maximum Gasteiger partial charge on any atom is 0.271 e. The van der Waals surface area contributed by atoms with Crippen LogP contribution in [0.15, 0.2) is 62.9 Å². The van der Waals surface area contributed by atoms with Crippen molar-refractivity contribution in [3.8, 4) is 0 Å². The van der Waals surface area contributed by atoms with Crippen LogP contribution < -0.4 is 15.3 Å². The average molecular weight is 376 g/mol. The molecule has 0 amide bonds. The van der Waals surface area contributed by atoms with Gasteiger partial charge < -0.3 is 5.11 Å². The van der Waals surface area contributed by atoms with E-state index >= 15 is 0 Å². The Labute approximate surface area is 151 Å². The standard InChI is InChI=1S/C17H19N3O3S2/c21-17(19-18-13-7-2-1-3-8-13)14-9-4-5-10-15(14)20-25(22,23)16-11-6-12-24-16/h4-7,9-12,18,20H,1-3,8H2,(H,19,21)/p-1. The van der Waals surface area contributed by atoms with E-state index in [1.54, 1.807) is 35.7 Å². The summed E-state index contributed by atoms with van der Waals surface area (Å²) in [4.78, 5) is 0. The minimum absolute atomic E-state index is 0.192. The van der Waals surface area contributed by atoms with E-state index in [0.29, 0.717) is 0 Å². The van der Waals surface area contributed by atoms with Crippen molar-refractivity contribution < 1.29 is 13.5 Å². The Morgan fingerprint density at radius 3 is 2.72 bits per heavy atom. The molecule has 0 saturated heterocycles. The van der Waals surface area contributed by atoms with Crippen molar-refractivity contribution in [1.82, 2.24) is 5.43 Å². The fourth-order valence-corrected chi connectivity index (χ4v) is 4.57. The quantitative estimate of drug-likeness (QED) is 0.460. The highest BCUT2D eigenvalue weighted by Crippen LogP contribution is 2.23. The van der Waals surface area contributed by atoms with Crippen molar-refractivity contribution in [1.29, 1.82) is 0 Å². The van der Waals surface area contributed by atoms with E-state index in [1.807, 2.05) is 6.08 Å². The SMILES string of the molecule is O=S(=O)(Nc1ccccc1C([O-])=NNC1=CCCCC1)c1cccs1. The van der Waals surface area contributed by atoms with Crippen molar-refractivity contribution in [2.45, 2.75) is 29.9 Å². The third kappa shape index (κ3) is 4.40. The Morgan fingerprint density at radius 2 is 2.00 bits per heavy atom. The van der Waals surface area contributed by atoms with Gasteiger partial charge in [0.15, 0.2) is 0 Å². The maximum atomic E-state index is 12.4. The predicted octanol–water partition coefficient (Wildman–Crippen LogP) is 2.62. The second-order valence-corrected chi connectivity index (χ2v) is 8.44. The van der Waals surface area contributed by atoms with E-state index in [2.05, 4.69) is 15.2 Å². The molecule has 6 nitrogen and oxygen atoms in total. The summed E-state index contributed by atoms with van der Waals surface area (Å²) in [6, 6.07) is 9.61. The van der Waals surface area contributed by atoms with E-state index in [-0.39, 0.29) is 15.5 Å². The Bertz CT molecular complexity index is 888. The molecule has 0 unspecified atom stereocenters. The molecule has 1 aromatic carbocycles. The lowest BCUT2D eigenvalue weighted by atomic mass is 10.1. The van der Waals surface area contributed by atoms with Gasteiger partial charge in [-0.1, -0.05) is 30.3 Å². The van der Waals surface area contributed by atoms with Gasteiger partial charge >= 0.3 is 0 Å². The lowest BCUT2D eigenvalue weighted by molar-refractivity contribution is -0.213. The second-order valence-electron chi connectivity index (χ2n) is 5.59. The van der Waals surface area contributed by atoms with E-state index in [9.17, 15) is 13.5 Å². The number of hydrogen-bond donors (Lipinski definition) is 2. The molecule has 0 saturated carbocycles. The normalized spacial score (nSPS) is 15.5. The summed E-state index contributed by atoms with van der Waals surface area (Å²) >= 11 is 1.11. The van der Waals surface area contributed by atoms with Crippen LogP contribution in [0, 0.1) is 0 Å². The van der Waals surface area contributed by atoms with Gasteiger partial charge in [-0.25, -0.2) is 8.42 Å². The number of rotatable bonds is 6. The number of hydrazone groups is 1. The molecule has 3 rings (SSSR count). The molecular formula is C17H18N3O3S2-. The molecule has 0 atom stereocenters. The monoisotopic (exact) mass is 376 g/mol. The molecule has 0 radical (unpaired) electrons. The van der Waals surface area contributed by atoms with E-state index in [4.69, 9.17) is 0 Å². The minimum Gasteiger partial charge on any atom is -0.857 e. The topological polar surface area (TPSA) is 93.6 Å². The van der Waals surface area contributed by atoms with Crippen molar-refractivity contribution >= 4 is 32.9 Å². The van der Waals surface area contributed by atoms with Gasteiger partial charge in [-0.3, -0.25) is 10.1 Å². The smallest absolute Gasteiger partial charge is 0.271 e. The fraction of sp³-hybridized carbons (Fsp3) is 0.235. The van der Waals surface area contributed by atoms with Crippen LogP contribution in [-0.4, -0.2) is 14.3 Å². The molecule has 2 N–H and O–H groups in total. The van der Waals surface area contributed by atoms with Crippen LogP contribution in [0.1, 0.15) is 31.2 Å². The first-order chi connectivity index (χ1) is 12.1.